The van der Waals surface area contributed by atoms with Crippen LogP contribution in [0.3, 0.4) is 0 Å². The van der Waals surface area contributed by atoms with E-state index in [0.29, 0.717) is 12.2 Å². The zero-order valence-corrected chi connectivity index (χ0v) is 9.73. The molecule has 2 aromatic rings. The van der Waals surface area contributed by atoms with Crippen molar-refractivity contribution in [2.45, 2.75) is 19.9 Å². The fourth-order valence-corrected chi connectivity index (χ4v) is 1.60. The molecule has 0 radical (unpaired) electrons. The summed E-state index contributed by atoms with van der Waals surface area (Å²) in [5.74, 6) is -0.297. The van der Waals surface area contributed by atoms with Crippen LogP contribution in [0.1, 0.15) is 19.0 Å². The highest BCUT2D eigenvalue weighted by atomic mass is 19.1. The van der Waals surface area contributed by atoms with Crippen molar-refractivity contribution in [3.63, 3.8) is 0 Å². The lowest BCUT2D eigenvalue weighted by Crippen LogP contribution is -2.17. The minimum absolute atomic E-state index is 0.297. The van der Waals surface area contributed by atoms with Gasteiger partial charge >= 0.3 is 0 Å². The molecule has 1 aromatic carbocycles. The lowest BCUT2D eigenvalue weighted by atomic mass is 10.3. The Morgan fingerprint density at radius 2 is 2.18 bits per heavy atom. The van der Waals surface area contributed by atoms with Gasteiger partial charge in [-0.05, 0) is 25.1 Å². The molecule has 2 rings (SSSR count). The highest BCUT2D eigenvalue weighted by molar-refractivity contribution is 5.33. The molecule has 90 valence electrons. The van der Waals surface area contributed by atoms with E-state index in [9.17, 15) is 4.39 Å². The summed E-state index contributed by atoms with van der Waals surface area (Å²) < 4.78 is 15.1. The molecule has 0 aliphatic rings. The van der Waals surface area contributed by atoms with Crippen LogP contribution in [0.15, 0.2) is 30.5 Å². The maximum Gasteiger partial charge on any atom is 0.148 e. The molecule has 1 aromatic heterocycles. The summed E-state index contributed by atoms with van der Waals surface area (Å²) in [4.78, 5) is 0. The molecule has 0 bridgehead atoms. The number of hydrogen-bond donors (Lipinski definition) is 1. The fourth-order valence-electron chi connectivity index (χ4n) is 1.60. The zero-order valence-electron chi connectivity index (χ0n) is 9.73. The van der Waals surface area contributed by atoms with E-state index in [1.165, 1.54) is 10.7 Å². The van der Waals surface area contributed by atoms with Gasteiger partial charge in [-0.15, -0.1) is 5.10 Å². The van der Waals surface area contributed by atoms with Crippen molar-refractivity contribution in [2.24, 2.45) is 0 Å². The van der Waals surface area contributed by atoms with Crippen LogP contribution in [0.2, 0.25) is 0 Å². The van der Waals surface area contributed by atoms with E-state index < -0.39 is 0 Å². The predicted molar refractivity (Wildman–Crippen MR) is 63.3 cm³/mol. The third-order valence-electron chi connectivity index (χ3n) is 2.43. The molecule has 5 heteroatoms. The maximum atomic E-state index is 13.6. The Hall–Kier alpha value is -1.75. The zero-order chi connectivity index (χ0) is 12.1. The van der Waals surface area contributed by atoms with Gasteiger partial charge in [-0.25, -0.2) is 9.07 Å². The van der Waals surface area contributed by atoms with Gasteiger partial charge in [0, 0.05) is 6.54 Å². The Kier molecular flexibility index (Phi) is 3.82. The van der Waals surface area contributed by atoms with Crippen LogP contribution in [-0.2, 0) is 6.54 Å². The molecule has 1 heterocycles. The molecule has 0 amide bonds. The average Bonchev–Trinajstić information content (AvgIpc) is 2.78. The van der Waals surface area contributed by atoms with Crippen molar-refractivity contribution in [1.82, 2.24) is 20.3 Å². The molecule has 4 nitrogen and oxygen atoms in total. The van der Waals surface area contributed by atoms with E-state index >= 15 is 0 Å². The van der Waals surface area contributed by atoms with Gasteiger partial charge in [0.15, 0.2) is 0 Å². The second-order valence-corrected chi connectivity index (χ2v) is 3.77. The monoisotopic (exact) mass is 234 g/mol. The molecule has 0 fully saturated rings. The third-order valence-corrected chi connectivity index (χ3v) is 2.43. The van der Waals surface area contributed by atoms with E-state index in [4.69, 9.17) is 0 Å². The van der Waals surface area contributed by atoms with Crippen molar-refractivity contribution in [3.8, 4) is 5.69 Å². The normalized spacial score (nSPS) is 10.7. The van der Waals surface area contributed by atoms with Crippen LogP contribution < -0.4 is 5.32 Å². The van der Waals surface area contributed by atoms with E-state index in [1.807, 2.05) is 0 Å². The van der Waals surface area contributed by atoms with Crippen molar-refractivity contribution < 1.29 is 4.39 Å². The van der Waals surface area contributed by atoms with E-state index in [0.717, 1.165) is 18.7 Å². The summed E-state index contributed by atoms with van der Waals surface area (Å²) >= 11 is 0. The van der Waals surface area contributed by atoms with Crippen molar-refractivity contribution >= 4 is 0 Å². The maximum absolute atomic E-state index is 13.6. The van der Waals surface area contributed by atoms with Gasteiger partial charge in [0.1, 0.15) is 11.5 Å². The quantitative estimate of drug-likeness (QED) is 0.803. The van der Waals surface area contributed by atoms with Crippen molar-refractivity contribution in [3.05, 3.63) is 42.0 Å². The number of benzene rings is 1. The van der Waals surface area contributed by atoms with Gasteiger partial charge in [0.05, 0.1) is 11.9 Å². The summed E-state index contributed by atoms with van der Waals surface area (Å²) in [6.45, 7) is 3.65. The van der Waals surface area contributed by atoms with E-state index in [1.54, 1.807) is 24.4 Å². The van der Waals surface area contributed by atoms with E-state index in [2.05, 4.69) is 22.6 Å². The predicted octanol–water partition coefficient (Wildman–Crippen LogP) is 1.91. The van der Waals surface area contributed by atoms with Gasteiger partial charge in [-0.2, -0.15) is 0 Å². The minimum atomic E-state index is -0.297. The van der Waals surface area contributed by atoms with Gasteiger partial charge < -0.3 is 5.32 Å². The smallest absolute Gasteiger partial charge is 0.148 e. The van der Waals surface area contributed by atoms with Crippen LogP contribution in [0, 0.1) is 5.82 Å². The first-order chi connectivity index (χ1) is 8.33. The molecule has 0 aliphatic heterocycles. The van der Waals surface area contributed by atoms with Gasteiger partial charge in [-0.3, -0.25) is 0 Å². The number of nitrogens with zero attached hydrogens (tertiary/aromatic N) is 3. The van der Waals surface area contributed by atoms with Gasteiger partial charge in [0.2, 0.25) is 0 Å². The Morgan fingerprint density at radius 1 is 1.35 bits per heavy atom. The Morgan fingerprint density at radius 3 is 2.94 bits per heavy atom. The summed E-state index contributed by atoms with van der Waals surface area (Å²) in [5, 5.41) is 11.0. The standard InChI is InChI=1S/C12H15FN4/c1-2-7-14-8-10-9-15-16-17(10)12-6-4-3-5-11(12)13/h3-6,9,14H,2,7-8H2,1H3. The molecule has 0 atom stereocenters. The molecular weight excluding hydrogens is 219 g/mol. The number of hydrogen-bond acceptors (Lipinski definition) is 3. The summed E-state index contributed by atoms with van der Waals surface area (Å²) in [5.41, 5.74) is 1.28. The van der Waals surface area contributed by atoms with Gasteiger partial charge in [0.25, 0.3) is 0 Å². The Bertz CT molecular complexity index is 481. The van der Waals surface area contributed by atoms with Crippen LogP contribution in [0.5, 0.6) is 0 Å². The summed E-state index contributed by atoms with van der Waals surface area (Å²) in [6.07, 6.45) is 2.70. The number of rotatable bonds is 5. The van der Waals surface area contributed by atoms with Crippen LogP contribution >= 0.6 is 0 Å². The molecule has 0 unspecified atom stereocenters. The highest BCUT2D eigenvalue weighted by Crippen LogP contribution is 2.13. The lowest BCUT2D eigenvalue weighted by Gasteiger charge is -2.07. The molecule has 17 heavy (non-hydrogen) atoms. The largest absolute Gasteiger partial charge is 0.311 e. The number of aromatic nitrogens is 3. The molecule has 0 saturated heterocycles. The molecular formula is C12H15FN4. The SMILES string of the molecule is CCCNCc1cnnn1-c1ccccc1F. The number of nitrogens with one attached hydrogen (secondary N) is 1. The highest BCUT2D eigenvalue weighted by Gasteiger charge is 2.09. The molecule has 0 saturated carbocycles. The third kappa shape index (κ3) is 2.68. The minimum Gasteiger partial charge on any atom is -0.311 e. The van der Waals surface area contributed by atoms with Crippen LogP contribution in [0.25, 0.3) is 5.69 Å². The first kappa shape index (κ1) is 11.7. The topological polar surface area (TPSA) is 42.7 Å². The first-order valence-electron chi connectivity index (χ1n) is 5.68. The Labute approximate surface area is 99.5 Å². The summed E-state index contributed by atoms with van der Waals surface area (Å²) in [6, 6.07) is 6.54. The van der Waals surface area contributed by atoms with Crippen LogP contribution in [-0.4, -0.2) is 21.5 Å². The Balaban J connectivity index is 2.22. The van der Waals surface area contributed by atoms with E-state index in [-0.39, 0.29) is 5.82 Å². The number of halogens is 1. The molecule has 0 aliphatic carbocycles. The summed E-state index contributed by atoms with van der Waals surface area (Å²) in [7, 11) is 0. The fraction of sp³-hybridized carbons (Fsp3) is 0.333. The second kappa shape index (κ2) is 5.54. The molecule has 1 N–H and O–H groups in total. The van der Waals surface area contributed by atoms with Crippen LogP contribution in [0.4, 0.5) is 4.39 Å². The first-order valence-corrected chi connectivity index (χ1v) is 5.68. The molecule has 0 spiro atoms. The lowest BCUT2D eigenvalue weighted by molar-refractivity contribution is 0.592. The van der Waals surface area contributed by atoms with Crippen molar-refractivity contribution in [1.29, 1.82) is 0 Å². The van der Waals surface area contributed by atoms with Crippen molar-refractivity contribution in [2.75, 3.05) is 6.54 Å². The average molecular weight is 234 g/mol. The van der Waals surface area contributed by atoms with Gasteiger partial charge in [-0.1, -0.05) is 24.3 Å². The number of para-hydroxylation sites is 1. The second-order valence-electron chi connectivity index (χ2n) is 3.77.